The van der Waals surface area contributed by atoms with Crippen molar-refractivity contribution in [2.75, 3.05) is 0 Å². The lowest BCUT2D eigenvalue weighted by Gasteiger charge is -2.03. The van der Waals surface area contributed by atoms with Crippen LogP contribution in [0.4, 0.5) is 0 Å². The van der Waals surface area contributed by atoms with Crippen LogP contribution in [0.5, 0.6) is 0 Å². The van der Waals surface area contributed by atoms with E-state index in [1.807, 2.05) is 32.0 Å². The molecule has 0 N–H and O–H groups in total. The van der Waals surface area contributed by atoms with E-state index < -0.39 is 0 Å². The molecule has 2 heterocycles. The summed E-state index contributed by atoms with van der Waals surface area (Å²) in [5, 5.41) is 1.32. The number of aryl methyl sites for hydroxylation is 2. The SMILES string of the molecule is Cc1cc(C)nc(SCc2ccnc(Cl)c2)n1. The molecule has 0 unspecified atom stereocenters. The lowest BCUT2D eigenvalue weighted by Crippen LogP contribution is -1.93. The molecule has 2 aromatic rings. The molecule has 0 bridgehead atoms. The van der Waals surface area contributed by atoms with Crippen molar-refractivity contribution < 1.29 is 0 Å². The van der Waals surface area contributed by atoms with Gasteiger partial charge in [-0.3, -0.25) is 0 Å². The summed E-state index contributed by atoms with van der Waals surface area (Å²) in [5.74, 6) is 0.797. The zero-order valence-electron chi connectivity index (χ0n) is 9.64. The number of aromatic nitrogens is 3. The molecule has 0 spiro atoms. The lowest BCUT2D eigenvalue weighted by atomic mass is 10.3. The third-order valence-corrected chi connectivity index (χ3v) is 3.25. The highest BCUT2D eigenvalue weighted by atomic mass is 35.5. The van der Waals surface area contributed by atoms with E-state index in [9.17, 15) is 0 Å². The summed E-state index contributed by atoms with van der Waals surface area (Å²) in [7, 11) is 0. The zero-order chi connectivity index (χ0) is 12.3. The van der Waals surface area contributed by atoms with Crippen LogP contribution in [0.2, 0.25) is 5.15 Å². The Hall–Kier alpha value is -1.13. The van der Waals surface area contributed by atoms with Gasteiger partial charge in [0.25, 0.3) is 0 Å². The Bertz CT molecular complexity index is 511. The summed E-state index contributed by atoms with van der Waals surface area (Å²) in [5.41, 5.74) is 3.11. The molecule has 0 radical (unpaired) electrons. The highest BCUT2D eigenvalue weighted by molar-refractivity contribution is 7.98. The van der Waals surface area contributed by atoms with Gasteiger partial charge in [0.2, 0.25) is 0 Å². The van der Waals surface area contributed by atoms with Crippen LogP contribution in [0.3, 0.4) is 0 Å². The average Bonchev–Trinajstić information content (AvgIpc) is 2.25. The normalized spacial score (nSPS) is 10.5. The van der Waals surface area contributed by atoms with Crippen molar-refractivity contribution in [2.24, 2.45) is 0 Å². The summed E-state index contributed by atoms with van der Waals surface area (Å²) < 4.78 is 0. The van der Waals surface area contributed by atoms with Crippen molar-refractivity contribution >= 4 is 23.4 Å². The second kappa shape index (κ2) is 5.47. The highest BCUT2D eigenvalue weighted by Crippen LogP contribution is 2.20. The lowest BCUT2D eigenvalue weighted by molar-refractivity contribution is 0.902. The van der Waals surface area contributed by atoms with Gasteiger partial charge < -0.3 is 0 Å². The van der Waals surface area contributed by atoms with Crippen molar-refractivity contribution in [3.63, 3.8) is 0 Å². The Labute approximate surface area is 110 Å². The molecular formula is C12H12ClN3S. The molecule has 0 saturated heterocycles. The topological polar surface area (TPSA) is 38.7 Å². The van der Waals surface area contributed by atoms with Gasteiger partial charge in [0.05, 0.1) is 0 Å². The first-order valence-corrected chi connectivity index (χ1v) is 6.55. The van der Waals surface area contributed by atoms with Crippen molar-refractivity contribution in [1.29, 1.82) is 0 Å². The molecule has 0 amide bonds. The fourth-order valence-electron chi connectivity index (χ4n) is 1.44. The summed E-state index contributed by atoms with van der Waals surface area (Å²) in [6.45, 7) is 3.95. The number of thioether (sulfide) groups is 1. The second-order valence-electron chi connectivity index (χ2n) is 3.71. The van der Waals surface area contributed by atoms with Crippen molar-refractivity contribution in [2.45, 2.75) is 24.8 Å². The third kappa shape index (κ3) is 3.68. The maximum Gasteiger partial charge on any atom is 0.188 e. The molecule has 0 fully saturated rings. The van der Waals surface area contributed by atoms with Gasteiger partial charge in [-0.05, 0) is 37.6 Å². The summed E-state index contributed by atoms with van der Waals surface area (Å²) in [6, 6.07) is 5.77. The van der Waals surface area contributed by atoms with E-state index in [4.69, 9.17) is 11.6 Å². The predicted molar refractivity (Wildman–Crippen MR) is 70.3 cm³/mol. The molecule has 88 valence electrons. The maximum atomic E-state index is 5.83. The summed E-state index contributed by atoms with van der Waals surface area (Å²) in [6.07, 6.45) is 1.71. The molecular weight excluding hydrogens is 254 g/mol. The number of halogens is 1. The zero-order valence-corrected chi connectivity index (χ0v) is 11.2. The standard InChI is InChI=1S/C12H12ClN3S/c1-8-5-9(2)16-12(15-8)17-7-10-3-4-14-11(13)6-10/h3-6H,7H2,1-2H3. The number of hydrogen-bond donors (Lipinski definition) is 0. The number of pyridine rings is 1. The first-order valence-electron chi connectivity index (χ1n) is 5.19. The maximum absolute atomic E-state index is 5.83. The van der Waals surface area contributed by atoms with E-state index in [1.165, 1.54) is 0 Å². The van der Waals surface area contributed by atoms with Gasteiger partial charge in [0.15, 0.2) is 5.16 Å². The molecule has 0 aliphatic rings. The van der Waals surface area contributed by atoms with Crippen LogP contribution in [-0.4, -0.2) is 15.0 Å². The average molecular weight is 266 g/mol. The van der Waals surface area contributed by atoms with Gasteiger partial charge in [-0.25, -0.2) is 15.0 Å². The van der Waals surface area contributed by atoms with Crippen molar-refractivity contribution in [3.8, 4) is 0 Å². The van der Waals surface area contributed by atoms with Gasteiger partial charge >= 0.3 is 0 Å². The molecule has 0 aliphatic heterocycles. The van der Waals surface area contributed by atoms with Gasteiger partial charge in [-0.15, -0.1) is 0 Å². The molecule has 2 aromatic heterocycles. The van der Waals surface area contributed by atoms with E-state index in [-0.39, 0.29) is 0 Å². The fraction of sp³-hybridized carbons (Fsp3) is 0.250. The Kier molecular flexibility index (Phi) is 3.97. The van der Waals surface area contributed by atoms with Crippen LogP contribution in [-0.2, 0) is 5.75 Å². The minimum atomic E-state index is 0.518. The van der Waals surface area contributed by atoms with Crippen LogP contribution in [0.15, 0.2) is 29.6 Å². The van der Waals surface area contributed by atoms with Crippen LogP contribution >= 0.6 is 23.4 Å². The molecule has 0 saturated carbocycles. The first-order chi connectivity index (χ1) is 8.13. The van der Waals surface area contributed by atoms with E-state index >= 15 is 0 Å². The molecule has 0 atom stereocenters. The Morgan fingerprint density at radius 2 is 1.88 bits per heavy atom. The van der Waals surface area contributed by atoms with E-state index in [2.05, 4.69) is 15.0 Å². The molecule has 2 rings (SSSR count). The van der Waals surface area contributed by atoms with Crippen LogP contribution in [0, 0.1) is 13.8 Å². The van der Waals surface area contributed by atoms with Crippen LogP contribution < -0.4 is 0 Å². The largest absolute Gasteiger partial charge is 0.245 e. The minimum Gasteiger partial charge on any atom is -0.245 e. The van der Waals surface area contributed by atoms with Gasteiger partial charge in [-0.2, -0.15) is 0 Å². The van der Waals surface area contributed by atoms with Gasteiger partial charge in [0, 0.05) is 23.3 Å². The van der Waals surface area contributed by atoms with E-state index in [0.717, 1.165) is 27.9 Å². The molecule has 0 aliphatic carbocycles. The summed E-state index contributed by atoms with van der Waals surface area (Å²) in [4.78, 5) is 12.7. The highest BCUT2D eigenvalue weighted by Gasteiger charge is 2.02. The van der Waals surface area contributed by atoms with Gasteiger partial charge in [-0.1, -0.05) is 23.4 Å². The van der Waals surface area contributed by atoms with Crippen molar-refractivity contribution in [3.05, 3.63) is 46.5 Å². The number of rotatable bonds is 3. The molecule has 5 heteroatoms. The molecule has 0 aromatic carbocycles. The predicted octanol–water partition coefficient (Wildman–Crippen LogP) is 3.43. The van der Waals surface area contributed by atoms with Crippen molar-refractivity contribution in [1.82, 2.24) is 15.0 Å². The van der Waals surface area contributed by atoms with Gasteiger partial charge in [0.1, 0.15) is 5.15 Å². The Balaban J connectivity index is 2.07. The first kappa shape index (κ1) is 12.3. The number of nitrogens with zero attached hydrogens (tertiary/aromatic N) is 3. The molecule has 17 heavy (non-hydrogen) atoms. The number of hydrogen-bond acceptors (Lipinski definition) is 4. The Morgan fingerprint density at radius 3 is 2.53 bits per heavy atom. The fourth-order valence-corrected chi connectivity index (χ4v) is 2.53. The molecule has 3 nitrogen and oxygen atoms in total. The minimum absolute atomic E-state index is 0.518. The van der Waals surface area contributed by atoms with E-state index in [1.54, 1.807) is 18.0 Å². The third-order valence-electron chi connectivity index (χ3n) is 2.12. The van der Waals surface area contributed by atoms with Crippen LogP contribution in [0.1, 0.15) is 17.0 Å². The quantitative estimate of drug-likeness (QED) is 0.484. The summed E-state index contributed by atoms with van der Waals surface area (Å²) >= 11 is 7.43. The Morgan fingerprint density at radius 1 is 1.18 bits per heavy atom. The smallest absolute Gasteiger partial charge is 0.188 e. The van der Waals surface area contributed by atoms with Crippen LogP contribution in [0.25, 0.3) is 0 Å². The second-order valence-corrected chi connectivity index (χ2v) is 5.04. The monoisotopic (exact) mass is 265 g/mol. The van der Waals surface area contributed by atoms with E-state index in [0.29, 0.717) is 5.15 Å².